The van der Waals surface area contributed by atoms with Crippen molar-refractivity contribution in [1.82, 2.24) is 0 Å². The van der Waals surface area contributed by atoms with Gasteiger partial charge in [-0.1, -0.05) is 66.7 Å². The topological polar surface area (TPSA) is 20.2 Å². The van der Waals surface area contributed by atoms with Gasteiger partial charge in [0.1, 0.15) is 5.75 Å². The largest absolute Gasteiger partial charge is 0.507 e. The number of phenolic OH excluding ortho intramolecular Hbond substituents is 1. The van der Waals surface area contributed by atoms with Crippen LogP contribution in [0.15, 0.2) is 78.9 Å². The third-order valence-electron chi connectivity index (χ3n) is 4.99. The fourth-order valence-corrected chi connectivity index (χ4v) is 3.84. The maximum atomic E-state index is 10.5. The Morgan fingerprint density at radius 1 is 0.667 bits per heavy atom. The molecule has 0 amide bonds. The third-order valence-corrected chi connectivity index (χ3v) is 4.99. The van der Waals surface area contributed by atoms with Crippen molar-refractivity contribution >= 4 is 10.8 Å². The number of fused-ring (bicyclic) bond motifs is 4. The second kappa shape index (κ2) is 4.97. The van der Waals surface area contributed by atoms with E-state index >= 15 is 0 Å². The zero-order chi connectivity index (χ0) is 16.1. The minimum atomic E-state index is 0.333. The number of aromatic hydroxyl groups is 1. The van der Waals surface area contributed by atoms with Gasteiger partial charge in [-0.2, -0.15) is 0 Å². The Morgan fingerprint density at radius 3 is 2.42 bits per heavy atom. The third kappa shape index (κ3) is 1.88. The summed E-state index contributed by atoms with van der Waals surface area (Å²) in [4.78, 5) is 0. The Kier molecular flexibility index (Phi) is 2.77. The van der Waals surface area contributed by atoms with Gasteiger partial charge in [-0.15, -0.1) is 0 Å². The summed E-state index contributed by atoms with van der Waals surface area (Å²) in [7, 11) is 0. The van der Waals surface area contributed by atoms with Gasteiger partial charge in [-0.25, -0.2) is 0 Å². The van der Waals surface area contributed by atoms with Gasteiger partial charge in [0, 0.05) is 5.56 Å². The van der Waals surface area contributed by atoms with Crippen molar-refractivity contribution in [3.05, 3.63) is 90.0 Å². The average Bonchev–Trinajstić information content (AvgIpc) is 2.99. The molecule has 0 unspecified atom stereocenters. The quantitative estimate of drug-likeness (QED) is 0.416. The van der Waals surface area contributed by atoms with Crippen molar-refractivity contribution < 1.29 is 5.11 Å². The summed E-state index contributed by atoms with van der Waals surface area (Å²) in [5.74, 6) is 0.333. The van der Waals surface area contributed by atoms with E-state index in [4.69, 9.17) is 0 Å². The van der Waals surface area contributed by atoms with E-state index in [1.807, 2.05) is 18.2 Å². The SMILES string of the molecule is Oc1ccc2ccccc2c1-c1ccc2c(c1)-c1ccccc1C2. The molecule has 114 valence electrons. The molecule has 0 aliphatic heterocycles. The lowest BCUT2D eigenvalue weighted by Gasteiger charge is -2.11. The van der Waals surface area contributed by atoms with Crippen LogP contribution in [-0.2, 0) is 6.42 Å². The number of rotatable bonds is 1. The molecular weight excluding hydrogens is 292 g/mol. The number of benzene rings is 4. The van der Waals surface area contributed by atoms with E-state index in [0.717, 1.165) is 28.3 Å². The summed E-state index contributed by atoms with van der Waals surface area (Å²) in [6.07, 6.45) is 0.993. The second-order valence-electron chi connectivity index (χ2n) is 6.39. The van der Waals surface area contributed by atoms with Crippen molar-refractivity contribution in [1.29, 1.82) is 0 Å². The number of hydrogen-bond acceptors (Lipinski definition) is 1. The molecule has 0 radical (unpaired) electrons. The molecule has 0 saturated carbocycles. The van der Waals surface area contributed by atoms with Gasteiger partial charge in [0.15, 0.2) is 0 Å². The van der Waals surface area contributed by atoms with E-state index in [2.05, 4.69) is 54.6 Å². The zero-order valence-electron chi connectivity index (χ0n) is 13.2. The van der Waals surface area contributed by atoms with Crippen LogP contribution in [0.25, 0.3) is 33.0 Å². The van der Waals surface area contributed by atoms with Crippen molar-refractivity contribution in [2.45, 2.75) is 6.42 Å². The van der Waals surface area contributed by atoms with Crippen LogP contribution in [0, 0.1) is 0 Å². The summed E-state index contributed by atoms with van der Waals surface area (Å²) < 4.78 is 0. The van der Waals surface area contributed by atoms with Crippen molar-refractivity contribution in [2.24, 2.45) is 0 Å². The number of hydrogen-bond donors (Lipinski definition) is 1. The van der Waals surface area contributed by atoms with Gasteiger partial charge in [0.25, 0.3) is 0 Å². The predicted octanol–water partition coefficient (Wildman–Crippen LogP) is 5.78. The summed E-state index contributed by atoms with van der Waals surface area (Å²) >= 11 is 0. The van der Waals surface area contributed by atoms with Gasteiger partial charge >= 0.3 is 0 Å². The fourth-order valence-electron chi connectivity index (χ4n) is 3.84. The summed E-state index contributed by atoms with van der Waals surface area (Å²) in [5.41, 5.74) is 7.33. The van der Waals surface area contributed by atoms with Crippen LogP contribution < -0.4 is 0 Å². The molecule has 1 aliphatic rings. The summed E-state index contributed by atoms with van der Waals surface area (Å²) in [5, 5.41) is 12.7. The maximum Gasteiger partial charge on any atom is 0.124 e. The predicted molar refractivity (Wildman–Crippen MR) is 99.3 cm³/mol. The Labute approximate surface area is 140 Å². The molecule has 0 atom stereocenters. The van der Waals surface area contributed by atoms with Gasteiger partial charge < -0.3 is 5.11 Å². The molecule has 0 fully saturated rings. The Balaban J connectivity index is 1.78. The molecule has 5 rings (SSSR count). The molecule has 0 saturated heterocycles. The van der Waals surface area contributed by atoms with Crippen LogP contribution in [0.4, 0.5) is 0 Å². The lowest BCUT2D eigenvalue weighted by atomic mass is 9.94. The molecule has 4 aromatic rings. The molecule has 1 N–H and O–H groups in total. The molecule has 1 heteroatoms. The Morgan fingerprint density at radius 2 is 1.46 bits per heavy atom. The molecular formula is C23H16O. The van der Waals surface area contributed by atoms with Gasteiger partial charge in [0.2, 0.25) is 0 Å². The molecule has 0 bridgehead atoms. The molecule has 24 heavy (non-hydrogen) atoms. The average molecular weight is 308 g/mol. The van der Waals surface area contributed by atoms with Crippen LogP contribution in [0.3, 0.4) is 0 Å². The molecule has 0 spiro atoms. The van der Waals surface area contributed by atoms with Crippen LogP contribution in [-0.4, -0.2) is 5.11 Å². The lowest BCUT2D eigenvalue weighted by Crippen LogP contribution is -1.86. The maximum absolute atomic E-state index is 10.5. The number of phenols is 1. The van der Waals surface area contributed by atoms with E-state index in [-0.39, 0.29) is 0 Å². The Bertz CT molecular complexity index is 1090. The highest BCUT2D eigenvalue weighted by Crippen LogP contribution is 2.42. The van der Waals surface area contributed by atoms with Gasteiger partial charge in [-0.3, -0.25) is 0 Å². The molecule has 1 aliphatic carbocycles. The smallest absolute Gasteiger partial charge is 0.124 e. The van der Waals surface area contributed by atoms with Crippen LogP contribution in [0.5, 0.6) is 5.75 Å². The normalized spacial score (nSPS) is 12.2. The van der Waals surface area contributed by atoms with Crippen molar-refractivity contribution in [2.75, 3.05) is 0 Å². The van der Waals surface area contributed by atoms with E-state index in [1.165, 1.54) is 22.3 Å². The van der Waals surface area contributed by atoms with Crippen LogP contribution in [0.1, 0.15) is 11.1 Å². The first-order chi connectivity index (χ1) is 11.8. The standard InChI is InChI=1S/C23H16O/c24-22-12-11-15-5-1-4-8-20(15)23(22)18-10-9-17-13-16-6-2-3-7-19(16)21(17)14-18/h1-12,14,24H,13H2. The van der Waals surface area contributed by atoms with Crippen LogP contribution >= 0.6 is 0 Å². The molecule has 1 nitrogen and oxygen atoms in total. The lowest BCUT2D eigenvalue weighted by molar-refractivity contribution is 0.478. The van der Waals surface area contributed by atoms with Crippen LogP contribution in [0.2, 0.25) is 0 Å². The first-order valence-electron chi connectivity index (χ1n) is 8.23. The minimum absolute atomic E-state index is 0.333. The van der Waals surface area contributed by atoms with E-state index in [9.17, 15) is 5.11 Å². The molecule has 0 heterocycles. The minimum Gasteiger partial charge on any atom is -0.507 e. The van der Waals surface area contributed by atoms with Crippen molar-refractivity contribution in [3.8, 4) is 28.0 Å². The Hall–Kier alpha value is -3.06. The van der Waals surface area contributed by atoms with Gasteiger partial charge in [0.05, 0.1) is 0 Å². The zero-order valence-corrected chi connectivity index (χ0v) is 13.2. The summed E-state index contributed by atoms with van der Waals surface area (Å²) in [6.45, 7) is 0. The summed E-state index contributed by atoms with van der Waals surface area (Å²) in [6, 6.07) is 27.1. The van der Waals surface area contributed by atoms with E-state index < -0.39 is 0 Å². The molecule has 4 aromatic carbocycles. The van der Waals surface area contributed by atoms with E-state index in [1.54, 1.807) is 6.07 Å². The molecule has 0 aromatic heterocycles. The first kappa shape index (κ1) is 13.4. The highest BCUT2D eigenvalue weighted by molar-refractivity contribution is 6.00. The fraction of sp³-hybridized carbons (Fsp3) is 0.0435. The first-order valence-corrected chi connectivity index (χ1v) is 8.23. The van der Waals surface area contributed by atoms with Crippen molar-refractivity contribution in [3.63, 3.8) is 0 Å². The monoisotopic (exact) mass is 308 g/mol. The highest BCUT2D eigenvalue weighted by Gasteiger charge is 2.19. The van der Waals surface area contributed by atoms with Gasteiger partial charge in [-0.05, 0) is 57.1 Å². The second-order valence-corrected chi connectivity index (χ2v) is 6.39. The highest BCUT2D eigenvalue weighted by atomic mass is 16.3. The van der Waals surface area contributed by atoms with E-state index in [0.29, 0.717) is 5.75 Å².